The number of carbonyl (C=O) groups is 1. The Bertz CT molecular complexity index is 727. The maximum absolute atomic E-state index is 12.1. The van der Waals surface area contributed by atoms with E-state index in [1.807, 2.05) is 53.4 Å². The summed E-state index contributed by atoms with van der Waals surface area (Å²) in [6, 6.07) is 15.6. The zero-order chi connectivity index (χ0) is 16.2. The summed E-state index contributed by atoms with van der Waals surface area (Å²) < 4.78 is 0. The summed E-state index contributed by atoms with van der Waals surface area (Å²) in [6.45, 7) is 1.40. The predicted octanol–water partition coefficient (Wildman–Crippen LogP) is 2.12. The van der Waals surface area contributed by atoms with Gasteiger partial charge in [-0.2, -0.15) is 0 Å². The summed E-state index contributed by atoms with van der Waals surface area (Å²) in [5, 5.41) is 10.5. The van der Waals surface area contributed by atoms with Crippen molar-refractivity contribution in [1.82, 2.24) is 4.90 Å². The van der Waals surface area contributed by atoms with Crippen molar-refractivity contribution < 1.29 is 4.79 Å². The number of nitrogens with one attached hydrogen (secondary N) is 2. The van der Waals surface area contributed by atoms with Gasteiger partial charge in [0, 0.05) is 18.8 Å². The van der Waals surface area contributed by atoms with Gasteiger partial charge in [0.15, 0.2) is 5.96 Å². The van der Waals surface area contributed by atoms with Crippen LogP contribution in [0.25, 0.3) is 0 Å². The second-order valence-corrected chi connectivity index (χ2v) is 5.75. The van der Waals surface area contributed by atoms with E-state index in [9.17, 15) is 4.79 Å². The number of nitrogens with zero attached hydrogens (tertiary/aromatic N) is 1. The molecule has 1 heterocycles. The van der Waals surface area contributed by atoms with Crippen molar-refractivity contribution in [2.24, 2.45) is 5.73 Å². The van der Waals surface area contributed by atoms with E-state index < -0.39 is 0 Å². The number of guanidine groups is 1. The number of hydrogen-bond donors (Lipinski definition) is 3. The largest absolute Gasteiger partial charge is 0.370 e. The van der Waals surface area contributed by atoms with Gasteiger partial charge in [-0.05, 0) is 35.2 Å². The lowest BCUT2D eigenvalue weighted by molar-refractivity contribution is -0.115. The molecule has 1 aliphatic heterocycles. The van der Waals surface area contributed by atoms with Crippen molar-refractivity contribution >= 4 is 17.6 Å². The van der Waals surface area contributed by atoms with Crippen molar-refractivity contribution in [3.05, 3.63) is 65.2 Å². The quantitative estimate of drug-likeness (QED) is 0.600. The first-order chi connectivity index (χ1) is 11.1. The summed E-state index contributed by atoms with van der Waals surface area (Å²) in [7, 11) is 0. The molecule has 0 saturated carbocycles. The lowest BCUT2D eigenvalue weighted by Crippen LogP contribution is -2.40. The fourth-order valence-electron chi connectivity index (χ4n) is 2.82. The normalized spacial score (nSPS) is 13.3. The number of nitrogens with two attached hydrogens (primary N) is 1. The Morgan fingerprint density at radius 1 is 1.17 bits per heavy atom. The predicted molar refractivity (Wildman–Crippen MR) is 91.2 cm³/mol. The third-order valence-corrected chi connectivity index (χ3v) is 4.05. The average Bonchev–Trinajstić information content (AvgIpc) is 2.55. The molecule has 2 aromatic carbocycles. The minimum Gasteiger partial charge on any atom is -0.370 e. The van der Waals surface area contributed by atoms with Gasteiger partial charge in [0.05, 0.1) is 6.42 Å². The first kappa shape index (κ1) is 15.1. The molecule has 5 heteroatoms. The van der Waals surface area contributed by atoms with Crippen LogP contribution in [-0.4, -0.2) is 23.3 Å². The maximum atomic E-state index is 12.1. The molecule has 0 atom stereocenters. The van der Waals surface area contributed by atoms with Crippen molar-refractivity contribution in [1.29, 1.82) is 5.41 Å². The number of benzene rings is 2. The number of rotatable bonds is 3. The third kappa shape index (κ3) is 3.69. The van der Waals surface area contributed by atoms with Gasteiger partial charge in [-0.25, -0.2) is 0 Å². The van der Waals surface area contributed by atoms with Crippen LogP contribution in [0.1, 0.15) is 16.7 Å². The van der Waals surface area contributed by atoms with Gasteiger partial charge in [-0.1, -0.05) is 36.4 Å². The highest BCUT2D eigenvalue weighted by molar-refractivity contribution is 5.92. The van der Waals surface area contributed by atoms with Crippen LogP contribution in [0.5, 0.6) is 0 Å². The van der Waals surface area contributed by atoms with Crippen molar-refractivity contribution in [3.63, 3.8) is 0 Å². The molecule has 118 valence electrons. The molecule has 4 N–H and O–H groups in total. The van der Waals surface area contributed by atoms with Gasteiger partial charge in [0.25, 0.3) is 0 Å². The monoisotopic (exact) mass is 308 g/mol. The van der Waals surface area contributed by atoms with Crippen LogP contribution in [0.4, 0.5) is 5.69 Å². The second kappa shape index (κ2) is 6.52. The van der Waals surface area contributed by atoms with Gasteiger partial charge in [-0.15, -0.1) is 0 Å². The molecule has 5 nitrogen and oxygen atoms in total. The highest BCUT2D eigenvalue weighted by Crippen LogP contribution is 2.22. The molecule has 0 aromatic heterocycles. The number of anilines is 1. The van der Waals surface area contributed by atoms with Crippen LogP contribution in [0.3, 0.4) is 0 Å². The van der Waals surface area contributed by atoms with E-state index in [-0.39, 0.29) is 11.9 Å². The van der Waals surface area contributed by atoms with Gasteiger partial charge < -0.3 is 16.0 Å². The fraction of sp³-hybridized carbons (Fsp3) is 0.222. The highest BCUT2D eigenvalue weighted by atomic mass is 16.1. The lowest BCUT2D eigenvalue weighted by atomic mass is 9.99. The van der Waals surface area contributed by atoms with Crippen molar-refractivity contribution in [3.8, 4) is 0 Å². The van der Waals surface area contributed by atoms with E-state index in [0.717, 1.165) is 29.8 Å². The molecule has 0 saturated heterocycles. The smallest absolute Gasteiger partial charge is 0.228 e. The van der Waals surface area contributed by atoms with Crippen molar-refractivity contribution in [2.45, 2.75) is 19.4 Å². The molecule has 1 aliphatic rings. The van der Waals surface area contributed by atoms with Crippen LogP contribution in [-0.2, 0) is 24.2 Å². The molecule has 3 rings (SSSR count). The molecule has 0 aliphatic carbocycles. The van der Waals surface area contributed by atoms with Crippen LogP contribution in [0.2, 0.25) is 0 Å². The van der Waals surface area contributed by atoms with E-state index in [0.29, 0.717) is 13.0 Å². The standard InChI is InChI=1S/C18H20N4O/c19-18(20)22-9-8-14-11-16(7-6-15(14)12-22)21-17(23)10-13-4-2-1-3-5-13/h1-7,11H,8-10,12H2,(H3,19,20)(H,21,23). The van der Waals surface area contributed by atoms with Crippen LogP contribution >= 0.6 is 0 Å². The van der Waals surface area contributed by atoms with Crippen LogP contribution < -0.4 is 11.1 Å². The van der Waals surface area contributed by atoms with E-state index in [2.05, 4.69) is 5.32 Å². The Morgan fingerprint density at radius 2 is 1.96 bits per heavy atom. The molecule has 1 amide bonds. The summed E-state index contributed by atoms with van der Waals surface area (Å²) in [5.74, 6) is 0.0909. The first-order valence-corrected chi connectivity index (χ1v) is 7.66. The zero-order valence-corrected chi connectivity index (χ0v) is 12.9. The number of hydrogen-bond acceptors (Lipinski definition) is 2. The van der Waals surface area contributed by atoms with E-state index in [1.54, 1.807) is 0 Å². The summed E-state index contributed by atoms with van der Waals surface area (Å²) in [6.07, 6.45) is 1.20. The average molecular weight is 308 g/mol. The van der Waals surface area contributed by atoms with Gasteiger partial charge in [0.1, 0.15) is 0 Å². The Balaban J connectivity index is 1.66. The first-order valence-electron chi connectivity index (χ1n) is 7.66. The molecular formula is C18H20N4O. The summed E-state index contributed by atoms with van der Waals surface area (Å²) in [4.78, 5) is 14.0. The molecule has 23 heavy (non-hydrogen) atoms. The molecule has 0 radical (unpaired) electrons. The fourth-order valence-corrected chi connectivity index (χ4v) is 2.82. The Kier molecular flexibility index (Phi) is 4.28. The minimum atomic E-state index is -0.0164. The van der Waals surface area contributed by atoms with E-state index in [1.165, 1.54) is 5.56 Å². The second-order valence-electron chi connectivity index (χ2n) is 5.75. The van der Waals surface area contributed by atoms with E-state index in [4.69, 9.17) is 11.1 Å². The Labute approximate surface area is 135 Å². The molecule has 0 fully saturated rings. The van der Waals surface area contributed by atoms with Crippen molar-refractivity contribution in [2.75, 3.05) is 11.9 Å². The Morgan fingerprint density at radius 3 is 2.70 bits per heavy atom. The van der Waals surface area contributed by atoms with E-state index >= 15 is 0 Å². The number of carbonyl (C=O) groups excluding carboxylic acids is 1. The molecule has 0 unspecified atom stereocenters. The Hall–Kier alpha value is -2.82. The maximum Gasteiger partial charge on any atom is 0.228 e. The summed E-state index contributed by atoms with van der Waals surface area (Å²) in [5.41, 5.74) is 9.73. The SMILES string of the molecule is N=C(N)N1CCc2cc(NC(=O)Cc3ccccc3)ccc2C1. The topological polar surface area (TPSA) is 82.2 Å². The van der Waals surface area contributed by atoms with Gasteiger partial charge >= 0.3 is 0 Å². The molecule has 2 aromatic rings. The molecular weight excluding hydrogens is 288 g/mol. The number of amides is 1. The van der Waals surface area contributed by atoms with Gasteiger partial charge in [0.2, 0.25) is 5.91 Å². The zero-order valence-electron chi connectivity index (χ0n) is 12.9. The van der Waals surface area contributed by atoms with Gasteiger partial charge in [-0.3, -0.25) is 10.2 Å². The lowest BCUT2D eigenvalue weighted by Gasteiger charge is -2.29. The highest BCUT2D eigenvalue weighted by Gasteiger charge is 2.17. The minimum absolute atomic E-state index is 0.0164. The number of fused-ring (bicyclic) bond motifs is 1. The molecule has 0 bridgehead atoms. The molecule has 0 spiro atoms. The van der Waals surface area contributed by atoms with Crippen LogP contribution in [0.15, 0.2) is 48.5 Å². The summed E-state index contributed by atoms with van der Waals surface area (Å²) >= 11 is 0. The van der Waals surface area contributed by atoms with Crippen LogP contribution in [0, 0.1) is 5.41 Å². The third-order valence-electron chi connectivity index (χ3n) is 4.05.